The Bertz CT molecular complexity index is 508. The van der Waals surface area contributed by atoms with Crippen molar-refractivity contribution in [3.05, 3.63) is 24.4 Å². The van der Waals surface area contributed by atoms with Gasteiger partial charge in [0.1, 0.15) is 0 Å². The first kappa shape index (κ1) is 15.9. The van der Waals surface area contributed by atoms with E-state index in [1.807, 2.05) is 6.20 Å². The molecule has 2 N–H and O–H groups in total. The molecule has 0 aliphatic rings. The van der Waals surface area contributed by atoms with Crippen molar-refractivity contribution in [2.24, 2.45) is 0 Å². The summed E-state index contributed by atoms with van der Waals surface area (Å²) < 4.78 is 0. The van der Waals surface area contributed by atoms with Crippen molar-refractivity contribution in [1.29, 1.82) is 0 Å². The summed E-state index contributed by atoms with van der Waals surface area (Å²) in [6, 6.07) is 6.93. The lowest BCUT2D eigenvalue weighted by molar-refractivity contribution is 0.527. The second-order valence-electron chi connectivity index (χ2n) is 5.97. The second-order valence-corrected chi connectivity index (χ2v) is 5.97. The molecular weight excluding hydrogens is 258 g/mol. The van der Waals surface area contributed by atoms with Gasteiger partial charge in [0.15, 0.2) is 0 Å². The molecule has 116 valence electrons. The molecule has 2 rings (SSSR count). The number of rotatable bonds is 10. The Morgan fingerprint density at radius 2 is 1.76 bits per heavy atom. The van der Waals surface area contributed by atoms with Gasteiger partial charge in [-0.25, -0.2) is 0 Å². The number of unbranched alkanes of at least 4 members (excludes halogenated alkanes) is 4. The van der Waals surface area contributed by atoms with Gasteiger partial charge < -0.3 is 5.32 Å². The van der Waals surface area contributed by atoms with Crippen LogP contribution in [0.25, 0.3) is 10.9 Å². The van der Waals surface area contributed by atoms with E-state index >= 15 is 0 Å². The highest BCUT2D eigenvalue weighted by Crippen LogP contribution is 2.24. The van der Waals surface area contributed by atoms with E-state index in [9.17, 15) is 0 Å². The SMILES string of the molecule is CCCCCC(CCCCC)Nc1cccc2[nH]ncc12. The fourth-order valence-electron chi connectivity index (χ4n) is 2.88. The van der Waals surface area contributed by atoms with Crippen molar-refractivity contribution in [1.82, 2.24) is 10.2 Å². The van der Waals surface area contributed by atoms with E-state index in [4.69, 9.17) is 0 Å². The Labute approximate surface area is 128 Å². The Hall–Kier alpha value is -1.51. The van der Waals surface area contributed by atoms with Gasteiger partial charge in [0.25, 0.3) is 0 Å². The molecule has 0 aliphatic carbocycles. The number of hydrogen-bond acceptors (Lipinski definition) is 2. The maximum absolute atomic E-state index is 4.16. The maximum Gasteiger partial charge on any atom is 0.0671 e. The molecule has 0 saturated carbocycles. The molecule has 21 heavy (non-hydrogen) atoms. The average molecular weight is 287 g/mol. The number of nitrogens with one attached hydrogen (secondary N) is 2. The van der Waals surface area contributed by atoms with Crippen LogP contribution in [0.4, 0.5) is 5.69 Å². The van der Waals surface area contributed by atoms with Crippen LogP contribution in [-0.2, 0) is 0 Å². The average Bonchev–Trinajstić information content (AvgIpc) is 2.97. The lowest BCUT2D eigenvalue weighted by atomic mass is 10.0. The van der Waals surface area contributed by atoms with Gasteiger partial charge >= 0.3 is 0 Å². The van der Waals surface area contributed by atoms with E-state index in [0.29, 0.717) is 6.04 Å². The number of hydrogen-bond donors (Lipinski definition) is 2. The van der Waals surface area contributed by atoms with Gasteiger partial charge in [-0.1, -0.05) is 58.4 Å². The molecule has 0 fully saturated rings. The van der Waals surface area contributed by atoms with Crippen LogP contribution in [0.15, 0.2) is 24.4 Å². The summed E-state index contributed by atoms with van der Waals surface area (Å²) in [6.45, 7) is 4.54. The minimum atomic E-state index is 0.587. The zero-order valence-corrected chi connectivity index (χ0v) is 13.5. The van der Waals surface area contributed by atoms with Crippen LogP contribution in [0.2, 0.25) is 0 Å². The van der Waals surface area contributed by atoms with Crippen molar-refractivity contribution in [2.45, 2.75) is 71.3 Å². The molecule has 0 bridgehead atoms. The maximum atomic E-state index is 4.16. The van der Waals surface area contributed by atoms with E-state index in [1.54, 1.807) is 0 Å². The first-order valence-corrected chi connectivity index (χ1v) is 8.53. The third kappa shape index (κ3) is 4.76. The van der Waals surface area contributed by atoms with Crippen molar-refractivity contribution in [3.8, 4) is 0 Å². The van der Waals surface area contributed by atoms with Gasteiger partial charge in [-0.3, -0.25) is 5.10 Å². The zero-order valence-electron chi connectivity index (χ0n) is 13.5. The molecule has 1 aromatic heterocycles. The fourth-order valence-corrected chi connectivity index (χ4v) is 2.88. The van der Waals surface area contributed by atoms with Crippen LogP contribution >= 0.6 is 0 Å². The van der Waals surface area contributed by atoms with Crippen LogP contribution in [0.3, 0.4) is 0 Å². The monoisotopic (exact) mass is 287 g/mol. The molecular formula is C18H29N3. The van der Waals surface area contributed by atoms with Gasteiger partial charge in [0.2, 0.25) is 0 Å². The molecule has 0 unspecified atom stereocenters. The van der Waals surface area contributed by atoms with E-state index in [-0.39, 0.29) is 0 Å². The normalized spacial score (nSPS) is 11.4. The van der Waals surface area contributed by atoms with Crippen molar-refractivity contribution in [3.63, 3.8) is 0 Å². The van der Waals surface area contributed by atoms with E-state index < -0.39 is 0 Å². The molecule has 0 aliphatic heterocycles. The van der Waals surface area contributed by atoms with Crippen LogP contribution < -0.4 is 5.32 Å². The minimum Gasteiger partial charge on any atom is -0.382 e. The predicted molar refractivity (Wildman–Crippen MR) is 91.8 cm³/mol. The Morgan fingerprint density at radius 3 is 2.43 bits per heavy atom. The molecule has 0 saturated heterocycles. The number of H-pyrrole nitrogens is 1. The lowest BCUT2D eigenvalue weighted by Gasteiger charge is -2.20. The van der Waals surface area contributed by atoms with Gasteiger partial charge in [-0.2, -0.15) is 5.10 Å². The van der Waals surface area contributed by atoms with E-state index in [2.05, 4.69) is 47.6 Å². The number of aromatic amines is 1. The third-order valence-electron chi connectivity index (χ3n) is 4.16. The highest BCUT2D eigenvalue weighted by atomic mass is 15.1. The summed E-state index contributed by atoms with van der Waals surface area (Å²) in [4.78, 5) is 0. The first-order valence-electron chi connectivity index (χ1n) is 8.53. The molecule has 0 spiro atoms. The number of nitrogens with zero attached hydrogens (tertiary/aromatic N) is 1. The Balaban J connectivity index is 2.00. The number of aromatic nitrogens is 2. The van der Waals surface area contributed by atoms with Crippen LogP contribution in [0, 0.1) is 0 Å². The quantitative estimate of drug-likeness (QED) is 0.566. The van der Waals surface area contributed by atoms with Crippen molar-refractivity contribution in [2.75, 3.05) is 5.32 Å². The van der Waals surface area contributed by atoms with Gasteiger partial charge in [0.05, 0.1) is 11.7 Å². The highest BCUT2D eigenvalue weighted by Gasteiger charge is 2.10. The largest absolute Gasteiger partial charge is 0.382 e. The predicted octanol–water partition coefficient (Wildman–Crippen LogP) is 5.50. The summed E-state index contributed by atoms with van der Waals surface area (Å²) in [5, 5.41) is 12.2. The molecule has 0 radical (unpaired) electrons. The molecule has 3 heteroatoms. The second kappa shape index (κ2) is 8.71. The molecule has 3 nitrogen and oxygen atoms in total. The fraction of sp³-hybridized carbons (Fsp3) is 0.611. The molecule has 1 heterocycles. The lowest BCUT2D eigenvalue weighted by Crippen LogP contribution is -2.19. The van der Waals surface area contributed by atoms with Gasteiger partial charge in [-0.05, 0) is 25.0 Å². The minimum absolute atomic E-state index is 0.587. The third-order valence-corrected chi connectivity index (χ3v) is 4.16. The molecule has 2 aromatic rings. The Morgan fingerprint density at radius 1 is 1.05 bits per heavy atom. The van der Waals surface area contributed by atoms with Gasteiger partial charge in [0, 0.05) is 17.1 Å². The van der Waals surface area contributed by atoms with E-state index in [1.165, 1.54) is 62.4 Å². The summed E-state index contributed by atoms with van der Waals surface area (Å²) >= 11 is 0. The van der Waals surface area contributed by atoms with Gasteiger partial charge in [-0.15, -0.1) is 0 Å². The topological polar surface area (TPSA) is 40.7 Å². The number of anilines is 1. The smallest absolute Gasteiger partial charge is 0.0671 e. The standard InChI is InChI=1S/C18H29N3/c1-3-5-7-10-15(11-8-6-4-2)20-17-12-9-13-18-16(17)14-19-21-18/h9,12-15,20H,3-8,10-11H2,1-2H3,(H,19,21). The number of benzene rings is 1. The highest BCUT2D eigenvalue weighted by molar-refractivity contribution is 5.90. The van der Waals surface area contributed by atoms with Crippen molar-refractivity contribution >= 4 is 16.6 Å². The van der Waals surface area contributed by atoms with Crippen LogP contribution in [0.1, 0.15) is 65.2 Å². The molecule has 0 amide bonds. The van der Waals surface area contributed by atoms with Crippen LogP contribution in [0.5, 0.6) is 0 Å². The molecule has 1 aromatic carbocycles. The summed E-state index contributed by atoms with van der Waals surface area (Å²) in [5.41, 5.74) is 2.33. The van der Waals surface area contributed by atoms with Crippen LogP contribution in [-0.4, -0.2) is 16.2 Å². The van der Waals surface area contributed by atoms with Crippen molar-refractivity contribution < 1.29 is 0 Å². The number of fused-ring (bicyclic) bond motifs is 1. The zero-order chi connectivity index (χ0) is 14.9. The summed E-state index contributed by atoms with van der Waals surface area (Å²) in [5.74, 6) is 0. The summed E-state index contributed by atoms with van der Waals surface area (Å²) in [7, 11) is 0. The molecule has 0 atom stereocenters. The Kier molecular flexibility index (Phi) is 6.58. The first-order chi connectivity index (χ1) is 10.3. The van der Waals surface area contributed by atoms with E-state index in [0.717, 1.165) is 5.52 Å². The summed E-state index contributed by atoms with van der Waals surface area (Å²) in [6.07, 6.45) is 12.4.